The summed E-state index contributed by atoms with van der Waals surface area (Å²) < 4.78 is 19.4. The fourth-order valence-corrected chi connectivity index (χ4v) is 3.07. The van der Waals surface area contributed by atoms with Crippen molar-refractivity contribution in [1.82, 2.24) is 5.32 Å². The van der Waals surface area contributed by atoms with Gasteiger partial charge in [0.15, 0.2) is 12.4 Å². The fourth-order valence-electron chi connectivity index (χ4n) is 2.94. The van der Waals surface area contributed by atoms with E-state index in [0.29, 0.717) is 17.1 Å². The molecule has 0 radical (unpaired) electrons. The van der Waals surface area contributed by atoms with Gasteiger partial charge in [-0.25, -0.2) is 4.39 Å². The first-order chi connectivity index (χ1) is 12.0. The zero-order valence-corrected chi connectivity index (χ0v) is 14.4. The molecule has 0 saturated carbocycles. The molecule has 0 aromatic heterocycles. The van der Waals surface area contributed by atoms with Crippen LogP contribution in [0, 0.1) is 5.82 Å². The third-order valence-electron chi connectivity index (χ3n) is 4.18. The van der Waals surface area contributed by atoms with E-state index in [1.807, 2.05) is 12.1 Å². The molecule has 0 unspecified atom stereocenters. The Kier molecular flexibility index (Phi) is 5.04. The van der Waals surface area contributed by atoms with Gasteiger partial charge in [0.1, 0.15) is 11.6 Å². The van der Waals surface area contributed by atoms with Crippen molar-refractivity contribution in [2.45, 2.75) is 25.8 Å². The van der Waals surface area contributed by atoms with Gasteiger partial charge in [-0.05, 0) is 35.7 Å². The van der Waals surface area contributed by atoms with Crippen LogP contribution in [0.5, 0.6) is 5.75 Å². The predicted molar refractivity (Wildman–Crippen MR) is 92.6 cm³/mol. The van der Waals surface area contributed by atoms with E-state index in [1.165, 1.54) is 12.1 Å². The molecule has 130 valence electrons. The standard InChI is InChI=1S/C19H17ClFNO3/c1-11-8-15(23)19-16(7-6-14(21)18(11)19)25-10-17(24)22-9-12-2-4-13(20)5-3-12/h2-7,11H,8-10H2,1H3,(H,22,24)/t11-/m1/s1. The van der Waals surface area contributed by atoms with E-state index in [1.54, 1.807) is 19.1 Å². The average molecular weight is 362 g/mol. The maximum absolute atomic E-state index is 13.9. The lowest BCUT2D eigenvalue weighted by Crippen LogP contribution is -2.28. The summed E-state index contributed by atoms with van der Waals surface area (Å²) in [5, 5.41) is 3.35. The zero-order valence-electron chi connectivity index (χ0n) is 13.6. The minimum absolute atomic E-state index is 0.154. The van der Waals surface area contributed by atoms with Crippen molar-refractivity contribution < 1.29 is 18.7 Å². The summed E-state index contributed by atoms with van der Waals surface area (Å²) in [5.74, 6) is -0.810. The number of ketones is 1. The molecule has 0 heterocycles. The Morgan fingerprint density at radius 1 is 1.28 bits per heavy atom. The van der Waals surface area contributed by atoms with Crippen LogP contribution in [0.25, 0.3) is 0 Å². The van der Waals surface area contributed by atoms with Gasteiger partial charge in [-0.1, -0.05) is 30.7 Å². The monoisotopic (exact) mass is 361 g/mol. The number of fused-ring (bicyclic) bond motifs is 1. The van der Waals surface area contributed by atoms with Crippen molar-refractivity contribution in [3.63, 3.8) is 0 Å². The quantitative estimate of drug-likeness (QED) is 0.879. The molecule has 0 fully saturated rings. The molecule has 0 aliphatic heterocycles. The zero-order chi connectivity index (χ0) is 18.0. The van der Waals surface area contributed by atoms with E-state index < -0.39 is 5.82 Å². The summed E-state index contributed by atoms with van der Waals surface area (Å²) in [6.07, 6.45) is 0.259. The van der Waals surface area contributed by atoms with E-state index in [2.05, 4.69) is 5.32 Å². The Hall–Kier alpha value is -2.40. The lowest BCUT2D eigenvalue weighted by Gasteiger charge is -2.12. The van der Waals surface area contributed by atoms with Gasteiger partial charge in [-0.3, -0.25) is 9.59 Å². The van der Waals surface area contributed by atoms with Crippen LogP contribution in [0.2, 0.25) is 5.02 Å². The van der Waals surface area contributed by atoms with Crippen LogP contribution in [0.1, 0.15) is 40.7 Å². The van der Waals surface area contributed by atoms with E-state index in [9.17, 15) is 14.0 Å². The Balaban J connectivity index is 1.61. The van der Waals surface area contributed by atoms with E-state index in [0.717, 1.165) is 5.56 Å². The maximum Gasteiger partial charge on any atom is 0.258 e. The van der Waals surface area contributed by atoms with Gasteiger partial charge >= 0.3 is 0 Å². The lowest BCUT2D eigenvalue weighted by molar-refractivity contribution is -0.123. The van der Waals surface area contributed by atoms with Gasteiger partial charge in [0.2, 0.25) is 0 Å². The minimum atomic E-state index is -0.409. The second-order valence-electron chi connectivity index (χ2n) is 6.05. The van der Waals surface area contributed by atoms with Crippen molar-refractivity contribution in [2.24, 2.45) is 0 Å². The highest BCUT2D eigenvalue weighted by atomic mass is 35.5. The first-order valence-corrected chi connectivity index (χ1v) is 8.33. The number of Topliss-reactive ketones (excluding diaryl/α,β-unsaturated/α-hetero) is 1. The van der Waals surface area contributed by atoms with Gasteiger partial charge in [0.25, 0.3) is 5.91 Å². The van der Waals surface area contributed by atoms with Crippen LogP contribution in [0.15, 0.2) is 36.4 Å². The van der Waals surface area contributed by atoms with Gasteiger partial charge in [0.05, 0.1) is 5.56 Å². The molecule has 1 N–H and O–H groups in total. The summed E-state index contributed by atoms with van der Waals surface area (Å²) in [5.41, 5.74) is 1.55. The van der Waals surface area contributed by atoms with Crippen LogP contribution in [0.3, 0.4) is 0 Å². The van der Waals surface area contributed by atoms with Gasteiger partial charge in [-0.15, -0.1) is 0 Å². The molecule has 0 bridgehead atoms. The van der Waals surface area contributed by atoms with E-state index in [4.69, 9.17) is 16.3 Å². The van der Waals surface area contributed by atoms with Gasteiger partial charge in [-0.2, -0.15) is 0 Å². The van der Waals surface area contributed by atoms with Crippen LogP contribution in [0.4, 0.5) is 4.39 Å². The highest BCUT2D eigenvalue weighted by molar-refractivity contribution is 6.30. The molecule has 1 aliphatic carbocycles. The SMILES string of the molecule is C[C@@H]1CC(=O)c2c(OCC(=O)NCc3ccc(Cl)cc3)ccc(F)c21. The maximum atomic E-state index is 13.9. The number of hydrogen-bond donors (Lipinski definition) is 1. The summed E-state index contributed by atoms with van der Waals surface area (Å²) in [7, 11) is 0. The fraction of sp³-hybridized carbons (Fsp3) is 0.263. The number of carbonyl (C=O) groups is 2. The molecule has 3 rings (SSSR count). The number of nitrogens with one attached hydrogen (secondary N) is 1. The predicted octanol–water partition coefficient (Wildman–Crippen LogP) is 3.86. The van der Waals surface area contributed by atoms with E-state index >= 15 is 0 Å². The molecule has 4 nitrogen and oxygen atoms in total. The van der Waals surface area contributed by atoms with Gasteiger partial charge < -0.3 is 10.1 Å². The molecule has 6 heteroatoms. The molecule has 1 aliphatic rings. The van der Waals surface area contributed by atoms with Crippen molar-refractivity contribution in [2.75, 3.05) is 6.61 Å². The smallest absolute Gasteiger partial charge is 0.258 e. The molecule has 25 heavy (non-hydrogen) atoms. The first-order valence-electron chi connectivity index (χ1n) is 7.95. The molecule has 0 saturated heterocycles. The largest absolute Gasteiger partial charge is 0.483 e. The number of ether oxygens (including phenoxy) is 1. The van der Waals surface area contributed by atoms with Crippen LogP contribution in [-0.2, 0) is 11.3 Å². The summed E-state index contributed by atoms with van der Waals surface area (Å²) in [6.45, 7) is 1.90. The number of hydrogen-bond acceptors (Lipinski definition) is 3. The Bertz CT molecular complexity index is 820. The van der Waals surface area contributed by atoms with Crippen LogP contribution >= 0.6 is 11.6 Å². The number of amides is 1. The second kappa shape index (κ2) is 7.23. The first kappa shape index (κ1) is 17.4. The Morgan fingerprint density at radius 2 is 2.00 bits per heavy atom. The summed E-state index contributed by atoms with van der Waals surface area (Å²) in [6, 6.07) is 9.79. The number of benzene rings is 2. The van der Waals surface area contributed by atoms with Crippen LogP contribution in [-0.4, -0.2) is 18.3 Å². The molecule has 1 atom stereocenters. The van der Waals surface area contributed by atoms with E-state index in [-0.39, 0.29) is 41.9 Å². The van der Waals surface area contributed by atoms with Crippen molar-refractivity contribution in [3.05, 3.63) is 63.9 Å². The van der Waals surface area contributed by atoms with Crippen molar-refractivity contribution >= 4 is 23.3 Å². The van der Waals surface area contributed by atoms with Crippen molar-refractivity contribution in [3.8, 4) is 5.75 Å². The number of rotatable bonds is 5. The minimum Gasteiger partial charge on any atom is -0.483 e. The number of halogens is 2. The molecule has 0 spiro atoms. The van der Waals surface area contributed by atoms with Crippen molar-refractivity contribution in [1.29, 1.82) is 0 Å². The summed E-state index contributed by atoms with van der Waals surface area (Å²) in [4.78, 5) is 24.0. The highest BCUT2D eigenvalue weighted by Gasteiger charge is 2.32. The third kappa shape index (κ3) is 3.82. The topological polar surface area (TPSA) is 55.4 Å². The summed E-state index contributed by atoms with van der Waals surface area (Å²) >= 11 is 5.81. The number of carbonyl (C=O) groups excluding carboxylic acids is 2. The Morgan fingerprint density at radius 3 is 2.72 bits per heavy atom. The highest BCUT2D eigenvalue weighted by Crippen LogP contribution is 2.39. The molecular weight excluding hydrogens is 345 g/mol. The second-order valence-corrected chi connectivity index (χ2v) is 6.49. The molecule has 2 aromatic rings. The average Bonchev–Trinajstić information content (AvgIpc) is 2.89. The molecule has 1 amide bonds. The molecule has 2 aromatic carbocycles. The normalized spacial score (nSPS) is 15.8. The Labute approximate surface area is 149 Å². The third-order valence-corrected chi connectivity index (χ3v) is 4.43. The van der Waals surface area contributed by atoms with Crippen LogP contribution < -0.4 is 10.1 Å². The van der Waals surface area contributed by atoms with Gasteiger partial charge in [0, 0.05) is 23.6 Å². The lowest BCUT2D eigenvalue weighted by atomic mass is 10.0. The molecular formula is C19H17ClFNO3.